The number of hydrogen-bond acceptors (Lipinski definition) is 3. The van der Waals surface area contributed by atoms with Crippen molar-refractivity contribution in [3.63, 3.8) is 0 Å². The summed E-state index contributed by atoms with van der Waals surface area (Å²) in [6.45, 7) is 6.87. The molecular formula is C13H25N3O. The summed E-state index contributed by atoms with van der Waals surface area (Å²) in [6, 6.07) is 0.425. The molecule has 98 valence electrons. The fourth-order valence-electron chi connectivity index (χ4n) is 2.91. The minimum absolute atomic E-state index is 0.214. The molecule has 0 unspecified atom stereocenters. The Morgan fingerprint density at radius 1 is 1.35 bits per heavy atom. The Kier molecular flexibility index (Phi) is 4.80. The first-order chi connectivity index (χ1) is 8.24. The lowest BCUT2D eigenvalue weighted by atomic mass is 9.87. The van der Waals surface area contributed by atoms with Crippen LogP contribution >= 0.6 is 0 Å². The molecule has 2 rings (SSSR count). The van der Waals surface area contributed by atoms with E-state index in [0.29, 0.717) is 12.6 Å². The number of rotatable bonds is 3. The minimum Gasteiger partial charge on any atom is -0.352 e. The van der Waals surface area contributed by atoms with E-state index in [-0.39, 0.29) is 5.91 Å². The van der Waals surface area contributed by atoms with Gasteiger partial charge in [-0.05, 0) is 18.8 Å². The van der Waals surface area contributed by atoms with Gasteiger partial charge in [-0.25, -0.2) is 0 Å². The van der Waals surface area contributed by atoms with Gasteiger partial charge < -0.3 is 10.6 Å². The van der Waals surface area contributed by atoms with Crippen LogP contribution in [0.25, 0.3) is 0 Å². The maximum atomic E-state index is 11.9. The molecule has 0 bridgehead atoms. The molecule has 4 heteroatoms. The Morgan fingerprint density at radius 2 is 2.12 bits per heavy atom. The highest BCUT2D eigenvalue weighted by atomic mass is 16.2. The van der Waals surface area contributed by atoms with Crippen LogP contribution in [0.4, 0.5) is 0 Å². The van der Waals surface area contributed by atoms with E-state index in [1.165, 1.54) is 12.8 Å². The summed E-state index contributed by atoms with van der Waals surface area (Å²) in [5, 5.41) is 6.50. The lowest BCUT2D eigenvalue weighted by Gasteiger charge is -2.30. The average molecular weight is 239 g/mol. The third kappa shape index (κ3) is 4.28. The number of nitrogens with one attached hydrogen (secondary N) is 2. The van der Waals surface area contributed by atoms with Crippen molar-refractivity contribution < 1.29 is 4.79 Å². The van der Waals surface area contributed by atoms with Gasteiger partial charge in [-0.2, -0.15) is 0 Å². The zero-order chi connectivity index (χ0) is 12.1. The fourth-order valence-corrected chi connectivity index (χ4v) is 2.91. The van der Waals surface area contributed by atoms with Crippen LogP contribution in [0.3, 0.4) is 0 Å². The zero-order valence-electron chi connectivity index (χ0n) is 10.9. The minimum atomic E-state index is 0.214. The van der Waals surface area contributed by atoms with E-state index in [0.717, 1.165) is 44.9 Å². The van der Waals surface area contributed by atoms with E-state index in [2.05, 4.69) is 22.5 Å². The summed E-state index contributed by atoms with van der Waals surface area (Å²) in [5.41, 5.74) is 0. The van der Waals surface area contributed by atoms with Crippen molar-refractivity contribution in [3.05, 3.63) is 0 Å². The number of amides is 1. The van der Waals surface area contributed by atoms with Crippen molar-refractivity contribution in [1.82, 2.24) is 15.5 Å². The Morgan fingerprint density at radius 3 is 2.82 bits per heavy atom. The first kappa shape index (κ1) is 12.8. The van der Waals surface area contributed by atoms with E-state index in [1.807, 2.05) is 0 Å². The van der Waals surface area contributed by atoms with Crippen LogP contribution in [0.1, 0.15) is 32.6 Å². The Balaban J connectivity index is 1.68. The van der Waals surface area contributed by atoms with Crippen LogP contribution in [0.5, 0.6) is 0 Å². The largest absolute Gasteiger partial charge is 0.352 e. The lowest BCUT2D eigenvalue weighted by molar-refractivity contribution is -0.123. The molecule has 0 radical (unpaired) electrons. The van der Waals surface area contributed by atoms with Crippen molar-refractivity contribution in [1.29, 1.82) is 0 Å². The van der Waals surface area contributed by atoms with Gasteiger partial charge >= 0.3 is 0 Å². The molecule has 1 heterocycles. The van der Waals surface area contributed by atoms with Gasteiger partial charge in [-0.1, -0.05) is 19.8 Å². The van der Waals surface area contributed by atoms with Crippen LogP contribution in [0.2, 0.25) is 0 Å². The number of hydrogen-bond donors (Lipinski definition) is 2. The molecule has 1 aliphatic heterocycles. The Labute approximate surface area is 104 Å². The first-order valence-electron chi connectivity index (χ1n) is 6.96. The smallest absolute Gasteiger partial charge is 0.234 e. The Hall–Kier alpha value is -0.610. The predicted octanol–water partition coefficient (Wildman–Crippen LogP) is 0.587. The van der Waals surface area contributed by atoms with E-state index >= 15 is 0 Å². The van der Waals surface area contributed by atoms with Crippen molar-refractivity contribution in [3.8, 4) is 0 Å². The topological polar surface area (TPSA) is 44.4 Å². The quantitative estimate of drug-likeness (QED) is 0.757. The Bertz CT molecular complexity index is 251. The highest BCUT2D eigenvalue weighted by Crippen LogP contribution is 2.23. The molecular weight excluding hydrogens is 214 g/mol. The average Bonchev–Trinajstić information content (AvgIpc) is 2.30. The van der Waals surface area contributed by atoms with Crippen LogP contribution in [-0.4, -0.2) is 49.6 Å². The molecule has 1 aliphatic carbocycles. The van der Waals surface area contributed by atoms with Crippen LogP contribution in [0.15, 0.2) is 0 Å². The molecule has 0 aromatic carbocycles. The molecule has 4 nitrogen and oxygen atoms in total. The second kappa shape index (κ2) is 6.36. The highest BCUT2D eigenvalue weighted by molar-refractivity contribution is 5.78. The molecule has 2 atom stereocenters. The molecule has 1 amide bonds. The molecule has 2 N–H and O–H groups in total. The monoisotopic (exact) mass is 239 g/mol. The van der Waals surface area contributed by atoms with Gasteiger partial charge in [0, 0.05) is 32.2 Å². The van der Waals surface area contributed by atoms with Gasteiger partial charge in [-0.3, -0.25) is 9.69 Å². The lowest BCUT2D eigenvalue weighted by Crippen LogP contribution is -2.49. The van der Waals surface area contributed by atoms with Gasteiger partial charge in [0.2, 0.25) is 5.91 Å². The summed E-state index contributed by atoms with van der Waals surface area (Å²) in [7, 11) is 0. The summed E-state index contributed by atoms with van der Waals surface area (Å²) in [5.74, 6) is 0.985. The van der Waals surface area contributed by atoms with Crippen LogP contribution in [0, 0.1) is 5.92 Å². The second-order valence-electron chi connectivity index (χ2n) is 5.56. The van der Waals surface area contributed by atoms with Crippen molar-refractivity contribution in [2.75, 3.05) is 32.7 Å². The molecule has 2 aliphatic rings. The van der Waals surface area contributed by atoms with Gasteiger partial charge in [0.25, 0.3) is 0 Å². The number of carbonyl (C=O) groups is 1. The normalized spacial score (nSPS) is 31.1. The molecule has 17 heavy (non-hydrogen) atoms. The second-order valence-corrected chi connectivity index (χ2v) is 5.56. The molecule has 2 fully saturated rings. The highest BCUT2D eigenvalue weighted by Gasteiger charge is 2.21. The van der Waals surface area contributed by atoms with Gasteiger partial charge in [0.15, 0.2) is 0 Å². The predicted molar refractivity (Wildman–Crippen MR) is 68.9 cm³/mol. The molecule has 0 spiro atoms. The van der Waals surface area contributed by atoms with Crippen molar-refractivity contribution in [2.45, 2.75) is 38.6 Å². The third-order valence-electron chi connectivity index (χ3n) is 3.88. The van der Waals surface area contributed by atoms with E-state index in [1.54, 1.807) is 0 Å². The first-order valence-corrected chi connectivity index (χ1v) is 6.96. The third-order valence-corrected chi connectivity index (χ3v) is 3.88. The standard InChI is InChI=1S/C13H25N3O/c1-11-3-2-4-12(9-11)15-13(17)10-16-7-5-14-6-8-16/h11-12,14H,2-10H2,1H3,(H,15,17)/t11-,12-/m1/s1. The molecule has 0 aromatic rings. The summed E-state index contributed by atoms with van der Waals surface area (Å²) in [6.07, 6.45) is 4.91. The van der Waals surface area contributed by atoms with Crippen molar-refractivity contribution >= 4 is 5.91 Å². The van der Waals surface area contributed by atoms with Crippen molar-refractivity contribution in [2.24, 2.45) is 5.92 Å². The van der Waals surface area contributed by atoms with Gasteiger partial charge in [0.05, 0.1) is 6.54 Å². The van der Waals surface area contributed by atoms with E-state index < -0.39 is 0 Å². The SMILES string of the molecule is C[C@@H]1CCC[C@@H](NC(=O)CN2CCNCC2)C1. The molecule has 1 saturated carbocycles. The number of nitrogens with zero attached hydrogens (tertiary/aromatic N) is 1. The van der Waals surface area contributed by atoms with Crippen LogP contribution in [-0.2, 0) is 4.79 Å². The number of piperazine rings is 1. The van der Waals surface area contributed by atoms with Gasteiger partial charge in [0.1, 0.15) is 0 Å². The summed E-state index contributed by atoms with van der Waals surface area (Å²) < 4.78 is 0. The summed E-state index contributed by atoms with van der Waals surface area (Å²) >= 11 is 0. The zero-order valence-corrected chi connectivity index (χ0v) is 10.9. The van der Waals surface area contributed by atoms with Gasteiger partial charge in [-0.15, -0.1) is 0 Å². The fraction of sp³-hybridized carbons (Fsp3) is 0.923. The van der Waals surface area contributed by atoms with E-state index in [9.17, 15) is 4.79 Å². The van der Waals surface area contributed by atoms with Crippen LogP contribution < -0.4 is 10.6 Å². The van der Waals surface area contributed by atoms with E-state index in [4.69, 9.17) is 0 Å². The molecule has 1 saturated heterocycles. The number of carbonyl (C=O) groups excluding carboxylic acids is 1. The summed E-state index contributed by atoms with van der Waals surface area (Å²) in [4.78, 5) is 14.1. The molecule has 0 aromatic heterocycles. The maximum absolute atomic E-state index is 11.9. The maximum Gasteiger partial charge on any atom is 0.234 e.